The van der Waals surface area contributed by atoms with Crippen molar-refractivity contribution in [3.05, 3.63) is 66.7 Å². The lowest BCUT2D eigenvalue weighted by molar-refractivity contribution is 0.102. The zero-order valence-corrected chi connectivity index (χ0v) is 21.6. The van der Waals surface area contributed by atoms with E-state index < -0.39 is 0 Å². The molecule has 1 aromatic carbocycles. The fourth-order valence-electron chi connectivity index (χ4n) is 4.40. The summed E-state index contributed by atoms with van der Waals surface area (Å²) >= 11 is 0. The average Bonchev–Trinajstić information content (AvgIpc) is 3.21. The first-order valence-corrected chi connectivity index (χ1v) is 12.7. The zero-order chi connectivity index (χ0) is 25.5. The van der Waals surface area contributed by atoms with Crippen LogP contribution in [0.25, 0.3) is 21.9 Å². The highest BCUT2D eigenvalue weighted by Gasteiger charge is 2.17. The number of amides is 1. The van der Waals surface area contributed by atoms with E-state index >= 15 is 0 Å². The Balaban J connectivity index is 0.00000148. The summed E-state index contributed by atoms with van der Waals surface area (Å²) in [5.41, 5.74) is 2.70. The van der Waals surface area contributed by atoms with Crippen molar-refractivity contribution in [2.45, 2.75) is 27.2 Å². The van der Waals surface area contributed by atoms with E-state index in [1.165, 1.54) is 0 Å². The van der Waals surface area contributed by atoms with Gasteiger partial charge in [-0.3, -0.25) is 9.48 Å². The minimum atomic E-state index is -0.191. The molecule has 8 nitrogen and oxygen atoms in total. The van der Waals surface area contributed by atoms with Gasteiger partial charge in [-0.25, -0.2) is 9.97 Å². The van der Waals surface area contributed by atoms with E-state index in [9.17, 15) is 4.79 Å². The van der Waals surface area contributed by atoms with Crippen LogP contribution in [0.1, 0.15) is 37.6 Å². The van der Waals surface area contributed by atoms with Gasteiger partial charge >= 0.3 is 0 Å². The van der Waals surface area contributed by atoms with Crippen LogP contribution in [0.2, 0.25) is 0 Å². The number of carbonyl (C=O) groups is 1. The normalized spacial score (nSPS) is 14.2. The number of nitrogens with zero attached hydrogens (tertiary/aromatic N) is 6. The number of aryl methyl sites for hydroxylation is 1. The molecule has 1 aliphatic rings. The fraction of sp³-hybridized carbons (Fsp3) is 0.357. The first-order chi connectivity index (χ1) is 17.6. The van der Waals surface area contributed by atoms with E-state index in [0.29, 0.717) is 11.4 Å². The number of nitrogens with one attached hydrogen (secondary N) is 1. The van der Waals surface area contributed by atoms with Crippen LogP contribution in [-0.4, -0.2) is 63.3 Å². The lowest BCUT2D eigenvalue weighted by atomic mass is 10.1. The number of aromatic nitrogens is 4. The topological polar surface area (TPSA) is 79.2 Å². The maximum absolute atomic E-state index is 13.0. The van der Waals surface area contributed by atoms with Crippen molar-refractivity contribution in [2.24, 2.45) is 7.05 Å². The van der Waals surface area contributed by atoms with Crippen molar-refractivity contribution in [3.8, 4) is 11.1 Å². The highest BCUT2D eigenvalue weighted by Crippen LogP contribution is 2.25. The van der Waals surface area contributed by atoms with Crippen LogP contribution >= 0.6 is 0 Å². The van der Waals surface area contributed by atoms with Crippen LogP contribution < -0.4 is 10.2 Å². The molecule has 0 unspecified atom stereocenters. The lowest BCUT2D eigenvalue weighted by Crippen LogP contribution is -2.31. The molecule has 8 heteroatoms. The van der Waals surface area contributed by atoms with E-state index in [1.54, 1.807) is 23.1 Å². The average molecular weight is 486 g/mol. The molecule has 0 bridgehead atoms. The zero-order valence-electron chi connectivity index (χ0n) is 21.6. The summed E-state index contributed by atoms with van der Waals surface area (Å²) in [7, 11) is 1.90. The van der Waals surface area contributed by atoms with Crippen molar-refractivity contribution in [1.82, 2.24) is 24.6 Å². The third-order valence-electron chi connectivity index (χ3n) is 6.37. The summed E-state index contributed by atoms with van der Waals surface area (Å²) in [6.07, 6.45) is 8.41. The third kappa shape index (κ3) is 5.88. The Morgan fingerprint density at radius 2 is 1.81 bits per heavy atom. The number of anilines is 2. The number of carbonyl (C=O) groups excluding carboxylic acids is 1. The number of benzene rings is 1. The molecule has 1 aliphatic heterocycles. The molecule has 3 aromatic heterocycles. The largest absolute Gasteiger partial charge is 0.355 e. The number of likely N-dealkylation sites (N-methyl/N-ethyl adjacent to an activating group) is 1. The van der Waals surface area contributed by atoms with Gasteiger partial charge in [0.1, 0.15) is 11.6 Å². The smallest absolute Gasteiger partial charge is 0.257 e. The molecule has 4 heterocycles. The minimum absolute atomic E-state index is 0.191. The van der Waals surface area contributed by atoms with Crippen molar-refractivity contribution >= 4 is 28.3 Å². The first-order valence-electron chi connectivity index (χ1n) is 12.7. The van der Waals surface area contributed by atoms with Gasteiger partial charge in [-0.05, 0) is 54.7 Å². The van der Waals surface area contributed by atoms with E-state index in [2.05, 4.69) is 49.2 Å². The second-order valence-corrected chi connectivity index (χ2v) is 8.67. The number of rotatable bonds is 5. The molecule has 0 spiro atoms. The lowest BCUT2D eigenvalue weighted by Gasteiger charge is -2.22. The Morgan fingerprint density at radius 3 is 2.58 bits per heavy atom. The minimum Gasteiger partial charge on any atom is -0.355 e. The highest BCUT2D eigenvalue weighted by molar-refractivity contribution is 6.05. The van der Waals surface area contributed by atoms with Crippen molar-refractivity contribution < 1.29 is 4.79 Å². The Kier molecular flexibility index (Phi) is 8.28. The van der Waals surface area contributed by atoms with Gasteiger partial charge in [0, 0.05) is 61.8 Å². The molecule has 5 rings (SSSR count). The second kappa shape index (κ2) is 11.8. The summed E-state index contributed by atoms with van der Waals surface area (Å²) in [5, 5.41) is 9.22. The number of pyridine rings is 2. The van der Waals surface area contributed by atoms with E-state index in [1.807, 2.05) is 51.5 Å². The Morgan fingerprint density at radius 1 is 0.944 bits per heavy atom. The molecule has 0 atom stereocenters. The predicted octanol–water partition coefficient (Wildman–Crippen LogP) is 4.84. The van der Waals surface area contributed by atoms with Gasteiger partial charge < -0.3 is 15.1 Å². The number of fused-ring (bicyclic) bond motifs is 1. The first kappa shape index (κ1) is 25.3. The monoisotopic (exact) mass is 485 g/mol. The van der Waals surface area contributed by atoms with Crippen molar-refractivity contribution in [1.29, 1.82) is 0 Å². The van der Waals surface area contributed by atoms with Crippen LogP contribution in [0.5, 0.6) is 0 Å². The summed E-state index contributed by atoms with van der Waals surface area (Å²) in [4.78, 5) is 26.7. The molecule has 0 radical (unpaired) electrons. The molecule has 0 saturated carbocycles. The van der Waals surface area contributed by atoms with Gasteiger partial charge in [-0.2, -0.15) is 5.10 Å². The van der Waals surface area contributed by atoms with Gasteiger partial charge in [0.05, 0.1) is 6.20 Å². The molecule has 1 saturated heterocycles. The van der Waals surface area contributed by atoms with E-state index in [0.717, 1.165) is 66.9 Å². The molecule has 1 N–H and O–H groups in total. The molecular weight excluding hydrogens is 450 g/mol. The van der Waals surface area contributed by atoms with Crippen LogP contribution in [0.15, 0.2) is 61.2 Å². The Bertz CT molecular complexity index is 1320. The molecule has 1 amide bonds. The van der Waals surface area contributed by atoms with Crippen molar-refractivity contribution in [3.63, 3.8) is 0 Å². The van der Waals surface area contributed by atoms with Gasteiger partial charge in [-0.1, -0.05) is 32.9 Å². The van der Waals surface area contributed by atoms with E-state index in [4.69, 9.17) is 0 Å². The van der Waals surface area contributed by atoms with Crippen LogP contribution in [-0.2, 0) is 7.05 Å². The van der Waals surface area contributed by atoms with Crippen LogP contribution in [0, 0.1) is 0 Å². The van der Waals surface area contributed by atoms with Crippen LogP contribution in [0.3, 0.4) is 0 Å². The number of hydrogen-bond acceptors (Lipinski definition) is 6. The molecule has 4 aromatic rings. The van der Waals surface area contributed by atoms with Gasteiger partial charge in [0.2, 0.25) is 0 Å². The third-order valence-corrected chi connectivity index (χ3v) is 6.37. The van der Waals surface area contributed by atoms with Crippen LogP contribution in [0.4, 0.5) is 11.6 Å². The number of hydrogen-bond donors (Lipinski definition) is 1. The molecular formula is C28H35N7O. The maximum Gasteiger partial charge on any atom is 0.257 e. The second-order valence-electron chi connectivity index (χ2n) is 8.67. The fourth-order valence-corrected chi connectivity index (χ4v) is 4.40. The van der Waals surface area contributed by atoms with E-state index in [-0.39, 0.29) is 5.91 Å². The predicted molar refractivity (Wildman–Crippen MR) is 146 cm³/mol. The Hall–Kier alpha value is -3.78. The molecule has 36 heavy (non-hydrogen) atoms. The molecule has 0 aliphatic carbocycles. The molecule has 188 valence electrons. The van der Waals surface area contributed by atoms with Gasteiger partial charge in [-0.15, -0.1) is 0 Å². The summed E-state index contributed by atoms with van der Waals surface area (Å²) in [6, 6.07) is 11.7. The SMILES string of the molecule is CC.CCN1CCCN(c2cc(C(=O)Nc3cc4cc(-c5cnn(C)c5)ccc4cn3)ccn2)CC1. The maximum atomic E-state index is 13.0. The summed E-state index contributed by atoms with van der Waals surface area (Å²) in [6.45, 7) is 11.2. The quantitative estimate of drug-likeness (QED) is 0.436. The van der Waals surface area contributed by atoms with Gasteiger partial charge in [0.15, 0.2) is 0 Å². The standard InChI is InChI=1S/C26H29N7O.C2H6/c1-3-32-9-4-10-33(12-11-32)25-15-20(7-8-27-25)26(34)30-24-14-22-13-19(5-6-21(22)16-28-24)23-17-29-31(2)18-23;1-2/h5-8,13-18H,3-4,9-12H2,1-2H3,(H,28,30,34);1-2H3. The Labute approximate surface area is 213 Å². The van der Waals surface area contributed by atoms with Gasteiger partial charge in [0.25, 0.3) is 5.91 Å². The molecule has 1 fully saturated rings. The van der Waals surface area contributed by atoms with Crippen molar-refractivity contribution in [2.75, 3.05) is 42.9 Å². The highest BCUT2D eigenvalue weighted by atomic mass is 16.1. The summed E-state index contributed by atoms with van der Waals surface area (Å²) < 4.78 is 1.78. The summed E-state index contributed by atoms with van der Waals surface area (Å²) in [5.74, 6) is 1.18.